The standard InChI is InChI=1S/C13H16N2/c1-4-12-9-14-15(11(12)3)13-7-5-10(2)6-8-13/h5-9H,4H2,1-3H3. The first kappa shape index (κ1) is 9.97. The summed E-state index contributed by atoms with van der Waals surface area (Å²) < 4.78 is 2.00. The quantitative estimate of drug-likeness (QED) is 0.728. The predicted octanol–water partition coefficient (Wildman–Crippen LogP) is 3.05. The number of hydrogen-bond donors (Lipinski definition) is 0. The number of rotatable bonds is 2. The Morgan fingerprint density at radius 3 is 2.33 bits per heavy atom. The van der Waals surface area contributed by atoms with E-state index >= 15 is 0 Å². The van der Waals surface area contributed by atoms with Gasteiger partial charge in [-0.05, 0) is 38.0 Å². The van der Waals surface area contributed by atoms with Crippen LogP contribution >= 0.6 is 0 Å². The summed E-state index contributed by atoms with van der Waals surface area (Å²) in [6.45, 7) is 6.37. The van der Waals surface area contributed by atoms with Gasteiger partial charge in [0, 0.05) is 5.69 Å². The third kappa shape index (κ3) is 1.80. The van der Waals surface area contributed by atoms with Gasteiger partial charge in [-0.2, -0.15) is 5.10 Å². The van der Waals surface area contributed by atoms with Crippen LogP contribution in [0.4, 0.5) is 0 Å². The zero-order chi connectivity index (χ0) is 10.8. The second-order valence-corrected chi connectivity index (χ2v) is 3.86. The second kappa shape index (κ2) is 3.89. The van der Waals surface area contributed by atoms with E-state index < -0.39 is 0 Å². The van der Waals surface area contributed by atoms with Crippen molar-refractivity contribution in [3.8, 4) is 5.69 Å². The number of hydrogen-bond acceptors (Lipinski definition) is 1. The van der Waals surface area contributed by atoms with Crippen molar-refractivity contribution in [3.05, 3.63) is 47.3 Å². The van der Waals surface area contributed by atoms with Crippen molar-refractivity contribution in [2.75, 3.05) is 0 Å². The Bertz CT molecular complexity index is 452. The molecule has 2 heteroatoms. The predicted molar refractivity (Wildman–Crippen MR) is 62.4 cm³/mol. The molecule has 0 unspecified atom stereocenters. The summed E-state index contributed by atoms with van der Waals surface area (Å²) in [5, 5.41) is 4.40. The first-order valence-corrected chi connectivity index (χ1v) is 5.33. The topological polar surface area (TPSA) is 17.8 Å². The molecule has 0 atom stereocenters. The molecule has 15 heavy (non-hydrogen) atoms. The van der Waals surface area contributed by atoms with Gasteiger partial charge < -0.3 is 0 Å². The average molecular weight is 200 g/mol. The molecule has 78 valence electrons. The van der Waals surface area contributed by atoms with E-state index in [2.05, 4.69) is 50.1 Å². The van der Waals surface area contributed by atoms with Gasteiger partial charge in [0.05, 0.1) is 11.9 Å². The van der Waals surface area contributed by atoms with Gasteiger partial charge in [0.2, 0.25) is 0 Å². The molecule has 2 aromatic rings. The largest absolute Gasteiger partial charge is 0.238 e. The monoisotopic (exact) mass is 200 g/mol. The van der Waals surface area contributed by atoms with Crippen LogP contribution in [-0.4, -0.2) is 9.78 Å². The van der Waals surface area contributed by atoms with Gasteiger partial charge in [-0.15, -0.1) is 0 Å². The fourth-order valence-corrected chi connectivity index (χ4v) is 1.74. The van der Waals surface area contributed by atoms with Gasteiger partial charge >= 0.3 is 0 Å². The number of benzene rings is 1. The fourth-order valence-electron chi connectivity index (χ4n) is 1.74. The Morgan fingerprint density at radius 1 is 1.13 bits per heavy atom. The summed E-state index contributed by atoms with van der Waals surface area (Å²) >= 11 is 0. The van der Waals surface area contributed by atoms with Gasteiger partial charge in [-0.1, -0.05) is 24.6 Å². The van der Waals surface area contributed by atoms with Crippen LogP contribution < -0.4 is 0 Å². The number of aryl methyl sites for hydroxylation is 2. The molecule has 0 amide bonds. The zero-order valence-corrected chi connectivity index (χ0v) is 9.49. The van der Waals surface area contributed by atoms with Crippen molar-refractivity contribution in [2.45, 2.75) is 27.2 Å². The van der Waals surface area contributed by atoms with Crippen LogP contribution in [0.2, 0.25) is 0 Å². The van der Waals surface area contributed by atoms with Gasteiger partial charge in [-0.3, -0.25) is 0 Å². The van der Waals surface area contributed by atoms with Crippen LogP contribution in [0.25, 0.3) is 5.69 Å². The van der Waals surface area contributed by atoms with E-state index in [0.717, 1.165) is 12.1 Å². The van der Waals surface area contributed by atoms with Crippen LogP contribution in [0.3, 0.4) is 0 Å². The highest BCUT2D eigenvalue weighted by molar-refractivity contribution is 5.36. The van der Waals surface area contributed by atoms with Gasteiger partial charge in [-0.25, -0.2) is 4.68 Å². The van der Waals surface area contributed by atoms with Gasteiger partial charge in [0.25, 0.3) is 0 Å². The molecule has 2 nitrogen and oxygen atoms in total. The zero-order valence-electron chi connectivity index (χ0n) is 9.49. The summed E-state index contributed by atoms with van der Waals surface area (Å²) in [6.07, 6.45) is 2.99. The maximum absolute atomic E-state index is 4.40. The lowest BCUT2D eigenvalue weighted by molar-refractivity contribution is 0.843. The second-order valence-electron chi connectivity index (χ2n) is 3.86. The van der Waals surface area contributed by atoms with Crippen LogP contribution in [0.1, 0.15) is 23.7 Å². The van der Waals surface area contributed by atoms with E-state index in [9.17, 15) is 0 Å². The molecular weight excluding hydrogens is 184 g/mol. The van der Waals surface area contributed by atoms with E-state index in [1.165, 1.54) is 16.8 Å². The van der Waals surface area contributed by atoms with Gasteiger partial charge in [0.15, 0.2) is 0 Å². The van der Waals surface area contributed by atoms with Crippen molar-refractivity contribution in [1.82, 2.24) is 9.78 Å². The Hall–Kier alpha value is -1.57. The molecule has 0 bridgehead atoms. The summed E-state index contributed by atoms with van der Waals surface area (Å²) in [4.78, 5) is 0. The lowest BCUT2D eigenvalue weighted by atomic mass is 10.2. The van der Waals surface area contributed by atoms with Crippen LogP contribution in [-0.2, 0) is 6.42 Å². The summed E-state index contributed by atoms with van der Waals surface area (Å²) in [6, 6.07) is 8.44. The molecule has 0 radical (unpaired) electrons. The van der Waals surface area contributed by atoms with E-state index in [0.29, 0.717) is 0 Å². The van der Waals surface area contributed by atoms with Crippen molar-refractivity contribution in [1.29, 1.82) is 0 Å². The van der Waals surface area contributed by atoms with Crippen molar-refractivity contribution in [2.24, 2.45) is 0 Å². The molecular formula is C13H16N2. The Kier molecular flexibility index (Phi) is 2.58. The van der Waals surface area contributed by atoms with Crippen LogP contribution in [0.5, 0.6) is 0 Å². The van der Waals surface area contributed by atoms with Crippen LogP contribution in [0, 0.1) is 13.8 Å². The van der Waals surface area contributed by atoms with E-state index in [-0.39, 0.29) is 0 Å². The molecule has 1 heterocycles. The van der Waals surface area contributed by atoms with Crippen molar-refractivity contribution < 1.29 is 0 Å². The number of aromatic nitrogens is 2. The fraction of sp³-hybridized carbons (Fsp3) is 0.308. The maximum Gasteiger partial charge on any atom is 0.0648 e. The molecule has 0 aliphatic rings. The highest BCUT2D eigenvalue weighted by Crippen LogP contribution is 2.14. The van der Waals surface area contributed by atoms with Crippen molar-refractivity contribution >= 4 is 0 Å². The normalized spacial score (nSPS) is 10.6. The highest BCUT2D eigenvalue weighted by Gasteiger charge is 2.05. The smallest absolute Gasteiger partial charge is 0.0648 e. The molecule has 2 rings (SSSR count). The molecule has 0 N–H and O–H groups in total. The molecule has 0 aliphatic carbocycles. The minimum atomic E-state index is 1.04. The van der Waals surface area contributed by atoms with Crippen LogP contribution in [0.15, 0.2) is 30.5 Å². The molecule has 0 spiro atoms. The highest BCUT2D eigenvalue weighted by atomic mass is 15.3. The maximum atomic E-state index is 4.40. The molecule has 1 aromatic carbocycles. The third-order valence-electron chi connectivity index (χ3n) is 2.77. The molecule has 0 fully saturated rings. The summed E-state index contributed by atoms with van der Waals surface area (Å²) in [7, 11) is 0. The third-order valence-corrected chi connectivity index (χ3v) is 2.77. The molecule has 1 aromatic heterocycles. The van der Waals surface area contributed by atoms with E-state index in [1.54, 1.807) is 0 Å². The minimum absolute atomic E-state index is 1.04. The van der Waals surface area contributed by atoms with Crippen molar-refractivity contribution in [3.63, 3.8) is 0 Å². The lowest BCUT2D eigenvalue weighted by Crippen LogP contribution is -1.99. The molecule has 0 saturated heterocycles. The Balaban J connectivity index is 2.45. The summed E-state index contributed by atoms with van der Waals surface area (Å²) in [5.74, 6) is 0. The number of nitrogens with zero attached hydrogens (tertiary/aromatic N) is 2. The molecule has 0 saturated carbocycles. The summed E-state index contributed by atoms with van der Waals surface area (Å²) in [5.41, 5.74) is 4.97. The first-order chi connectivity index (χ1) is 7.22. The lowest BCUT2D eigenvalue weighted by Gasteiger charge is -2.05. The van der Waals surface area contributed by atoms with E-state index in [1.807, 2.05) is 10.9 Å². The average Bonchev–Trinajstić information content (AvgIpc) is 2.61. The van der Waals surface area contributed by atoms with E-state index in [4.69, 9.17) is 0 Å². The molecule has 0 aliphatic heterocycles. The SMILES string of the molecule is CCc1cnn(-c2ccc(C)cc2)c1C. The Morgan fingerprint density at radius 2 is 1.80 bits per heavy atom. The van der Waals surface area contributed by atoms with Gasteiger partial charge in [0.1, 0.15) is 0 Å². The minimum Gasteiger partial charge on any atom is -0.238 e. The Labute approximate surface area is 90.6 Å². The first-order valence-electron chi connectivity index (χ1n) is 5.33.